The van der Waals surface area contributed by atoms with Crippen LogP contribution in [0.15, 0.2) is 36.9 Å². The average Bonchev–Trinajstić information content (AvgIpc) is 2.90. The SMILES string of the molecule is C=CCCC1(C2CCC(CCC3CCC(CCCCC)CC3)CC2)C=c2ccccc2=C(F)C1F. The van der Waals surface area contributed by atoms with Crippen molar-refractivity contribution in [3.05, 3.63) is 47.4 Å². The van der Waals surface area contributed by atoms with Crippen molar-refractivity contribution in [1.29, 1.82) is 0 Å². The Morgan fingerprint density at radius 1 is 0.886 bits per heavy atom. The minimum absolute atomic E-state index is 0.214. The molecule has 0 heterocycles. The van der Waals surface area contributed by atoms with Crippen LogP contribution in [0, 0.1) is 29.1 Å². The van der Waals surface area contributed by atoms with Gasteiger partial charge in [-0.25, -0.2) is 8.78 Å². The first-order valence-corrected chi connectivity index (χ1v) is 14.8. The van der Waals surface area contributed by atoms with Gasteiger partial charge in [-0.15, -0.1) is 6.58 Å². The van der Waals surface area contributed by atoms with Gasteiger partial charge in [0.2, 0.25) is 0 Å². The van der Waals surface area contributed by atoms with Crippen molar-refractivity contribution in [3.8, 4) is 0 Å². The van der Waals surface area contributed by atoms with Crippen LogP contribution in [0.2, 0.25) is 0 Å². The topological polar surface area (TPSA) is 0 Å². The lowest BCUT2D eigenvalue weighted by atomic mass is 9.60. The fraction of sp³-hybridized carbons (Fsp3) is 0.697. The zero-order valence-electron chi connectivity index (χ0n) is 22.1. The van der Waals surface area contributed by atoms with Gasteiger partial charge in [0.25, 0.3) is 0 Å². The van der Waals surface area contributed by atoms with E-state index in [1.807, 2.05) is 18.2 Å². The Balaban J connectivity index is 1.32. The fourth-order valence-electron chi connectivity index (χ4n) is 7.61. The molecule has 2 fully saturated rings. The summed E-state index contributed by atoms with van der Waals surface area (Å²) < 4.78 is 31.1. The van der Waals surface area contributed by atoms with E-state index in [0.717, 1.165) is 42.2 Å². The first kappa shape index (κ1) is 26.6. The van der Waals surface area contributed by atoms with Crippen molar-refractivity contribution < 1.29 is 8.78 Å². The van der Waals surface area contributed by atoms with Crippen molar-refractivity contribution in [2.75, 3.05) is 0 Å². The third-order valence-corrected chi connectivity index (χ3v) is 9.89. The van der Waals surface area contributed by atoms with Gasteiger partial charge in [0.1, 0.15) is 5.83 Å². The van der Waals surface area contributed by atoms with Crippen molar-refractivity contribution in [2.45, 2.75) is 116 Å². The molecule has 35 heavy (non-hydrogen) atoms. The smallest absolute Gasteiger partial charge is 0.161 e. The van der Waals surface area contributed by atoms with Gasteiger partial charge in [-0.2, -0.15) is 0 Å². The summed E-state index contributed by atoms with van der Waals surface area (Å²) in [6.07, 6.45) is 22.3. The molecule has 0 spiro atoms. The largest absolute Gasteiger partial charge is 0.239 e. The van der Waals surface area contributed by atoms with Crippen molar-refractivity contribution >= 4 is 11.9 Å². The Labute approximate surface area is 213 Å². The number of hydrogen-bond donors (Lipinski definition) is 0. The lowest BCUT2D eigenvalue weighted by molar-refractivity contribution is 0.0754. The summed E-state index contributed by atoms with van der Waals surface area (Å²) in [6.45, 7) is 6.17. The minimum Gasteiger partial charge on any atom is -0.239 e. The first-order chi connectivity index (χ1) is 17.1. The van der Waals surface area contributed by atoms with Gasteiger partial charge in [-0.3, -0.25) is 0 Å². The van der Waals surface area contributed by atoms with Gasteiger partial charge < -0.3 is 0 Å². The summed E-state index contributed by atoms with van der Waals surface area (Å²) in [4.78, 5) is 0. The zero-order chi connectivity index (χ0) is 24.7. The van der Waals surface area contributed by atoms with E-state index < -0.39 is 17.4 Å². The van der Waals surface area contributed by atoms with Crippen LogP contribution >= 0.6 is 0 Å². The molecule has 2 unspecified atom stereocenters. The van der Waals surface area contributed by atoms with Crippen LogP contribution < -0.4 is 10.4 Å². The lowest BCUT2D eigenvalue weighted by Crippen LogP contribution is -2.48. The third kappa shape index (κ3) is 6.28. The van der Waals surface area contributed by atoms with E-state index in [4.69, 9.17) is 0 Å². The van der Waals surface area contributed by atoms with Gasteiger partial charge in [0.05, 0.1) is 0 Å². The monoisotopic (exact) mass is 482 g/mol. The number of unbranched alkanes of at least 4 members (excludes halogenated alkanes) is 2. The zero-order valence-corrected chi connectivity index (χ0v) is 22.1. The highest BCUT2D eigenvalue weighted by Crippen LogP contribution is 2.51. The highest BCUT2D eigenvalue weighted by molar-refractivity contribution is 5.55. The van der Waals surface area contributed by atoms with Crippen LogP contribution in [0.4, 0.5) is 8.78 Å². The molecule has 0 aliphatic heterocycles. The van der Waals surface area contributed by atoms with Gasteiger partial charge in [-0.05, 0) is 54.6 Å². The summed E-state index contributed by atoms with van der Waals surface area (Å²) in [5, 5.41) is 1.32. The number of hydrogen-bond acceptors (Lipinski definition) is 0. The quantitative estimate of drug-likeness (QED) is 0.218. The molecule has 0 bridgehead atoms. The molecule has 2 atom stereocenters. The Hall–Kier alpha value is -1.44. The number of allylic oxidation sites excluding steroid dienone is 1. The van der Waals surface area contributed by atoms with E-state index >= 15 is 8.78 Å². The van der Waals surface area contributed by atoms with E-state index in [0.29, 0.717) is 11.6 Å². The number of rotatable bonds is 11. The normalized spacial score (nSPS) is 33.1. The molecule has 0 saturated heterocycles. The van der Waals surface area contributed by atoms with Gasteiger partial charge >= 0.3 is 0 Å². The molecule has 4 rings (SSSR count). The Morgan fingerprint density at radius 2 is 1.49 bits per heavy atom. The maximum atomic E-state index is 15.8. The summed E-state index contributed by atoms with van der Waals surface area (Å²) in [7, 11) is 0. The van der Waals surface area contributed by atoms with Crippen molar-refractivity contribution in [1.82, 2.24) is 0 Å². The molecule has 2 saturated carbocycles. The fourth-order valence-corrected chi connectivity index (χ4v) is 7.61. The van der Waals surface area contributed by atoms with E-state index in [1.165, 1.54) is 77.0 Å². The predicted molar refractivity (Wildman–Crippen MR) is 146 cm³/mol. The van der Waals surface area contributed by atoms with Crippen LogP contribution in [0.5, 0.6) is 0 Å². The van der Waals surface area contributed by atoms with Crippen LogP contribution in [0.1, 0.15) is 110 Å². The van der Waals surface area contributed by atoms with E-state index in [2.05, 4.69) is 19.6 Å². The second-order valence-corrected chi connectivity index (χ2v) is 12.1. The molecule has 0 N–H and O–H groups in total. The molecular formula is C33H48F2. The Morgan fingerprint density at radius 3 is 2.11 bits per heavy atom. The molecule has 3 aliphatic rings. The number of benzene rings is 1. The van der Waals surface area contributed by atoms with E-state index in [-0.39, 0.29) is 5.92 Å². The van der Waals surface area contributed by atoms with Crippen LogP contribution in [-0.2, 0) is 0 Å². The Bertz CT molecular complexity index is 917. The molecular weight excluding hydrogens is 434 g/mol. The number of fused-ring (bicyclic) bond motifs is 1. The van der Waals surface area contributed by atoms with Gasteiger partial charge in [0.15, 0.2) is 6.17 Å². The third-order valence-electron chi connectivity index (χ3n) is 9.89. The molecule has 1 aromatic carbocycles. The number of halogens is 2. The number of alkyl halides is 1. The summed E-state index contributed by atoms with van der Waals surface area (Å²) in [5.74, 6) is 2.34. The van der Waals surface area contributed by atoms with Crippen LogP contribution in [-0.4, -0.2) is 6.17 Å². The predicted octanol–water partition coefficient (Wildman–Crippen LogP) is 8.82. The average molecular weight is 483 g/mol. The molecule has 1 aromatic rings. The standard InChI is InChI=1S/C33H48F2/c1-3-5-7-10-25-13-15-26(16-14-25)17-18-27-19-21-29(22-20-27)33(23-6-4-2)24-28-11-8-9-12-30(28)31(34)32(33)35/h4,8-9,11-12,24-27,29,32H,2-3,5-7,10,13-23H2,1H3. The molecule has 3 aliphatic carbocycles. The molecule has 0 aromatic heterocycles. The maximum absolute atomic E-state index is 15.8. The Kier molecular flexibility index (Phi) is 9.65. The minimum atomic E-state index is -1.54. The lowest BCUT2D eigenvalue weighted by Gasteiger charge is -2.45. The van der Waals surface area contributed by atoms with E-state index in [1.54, 1.807) is 12.1 Å². The van der Waals surface area contributed by atoms with Gasteiger partial charge in [-0.1, -0.05) is 120 Å². The maximum Gasteiger partial charge on any atom is 0.161 e. The molecule has 0 amide bonds. The van der Waals surface area contributed by atoms with Crippen molar-refractivity contribution in [3.63, 3.8) is 0 Å². The first-order valence-electron chi connectivity index (χ1n) is 14.8. The van der Waals surface area contributed by atoms with Crippen LogP contribution in [0.25, 0.3) is 11.9 Å². The second kappa shape index (κ2) is 12.7. The summed E-state index contributed by atoms with van der Waals surface area (Å²) in [6, 6.07) is 7.42. The van der Waals surface area contributed by atoms with Gasteiger partial charge in [0, 0.05) is 10.6 Å². The highest BCUT2D eigenvalue weighted by atomic mass is 19.2. The molecule has 0 nitrogen and oxygen atoms in total. The second-order valence-electron chi connectivity index (χ2n) is 12.1. The molecule has 2 heteroatoms. The van der Waals surface area contributed by atoms with Crippen molar-refractivity contribution in [2.24, 2.45) is 29.1 Å². The molecule has 194 valence electrons. The summed E-state index contributed by atoms with van der Waals surface area (Å²) in [5.41, 5.74) is -0.728. The molecule has 0 radical (unpaired) electrons. The van der Waals surface area contributed by atoms with Crippen LogP contribution in [0.3, 0.4) is 0 Å². The van der Waals surface area contributed by atoms with E-state index in [9.17, 15) is 0 Å². The summed E-state index contributed by atoms with van der Waals surface area (Å²) >= 11 is 0. The highest BCUT2D eigenvalue weighted by Gasteiger charge is 2.48.